The number of hydrogen-bond donors (Lipinski definition) is 6. The zero-order chi connectivity index (χ0) is 59.1. The smallest absolute Gasteiger partial charge is 0.370 e. The van der Waals surface area contributed by atoms with E-state index >= 15 is 0 Å². The molecule has 8 atom stereocenters. The summed E-state index contributed by atoms with van der Waals surface area (Å²) < 4.78 is 3.29. The number of aryl methyl sites for hydroxylation is 2. The number of likely N-dealkylation sites (tertiary alicyclic amines) is 1. The zero-order valence-corrected chi connectivity index (χ0v) is 49.8. The quantitative estimate of drug-likeness (QED) is 0.0684. The van der Waals surface area contributed by atoms with Gasteiger partial charge in [-0.15, -0.1) is 12.4 Å². The van der Waals surface area contributed by atoms with Crippen LogP contribution >= 0.6 is 25.9 Å². The van der Waals surface area contributed by atoms with Crippen LogP contribution in [0, 0.1) is 48.3 Å². The van der Waals surface area contributed by atoms with Gasteiger partial charge in [0, 0.05) is 69.1 Å². The molecule has 436 valence electrons. The molecule has 0 radical (unpaired) electrons. The molecular weight excluding hydrogens is 1160 g/mol. The highest BCUT2D eigenvalue weighted by molar-refractivity contribution is 8.07. The third-order valence-electron chi connectivity index (χ3n) is 15.9. The van der Waals surface area contributed by atoms with Gasteiger partial charge in [0.1, 0.15) is 29.5 Å². The molecule has 0 spiro atoms. The molecule has 2 saturated carbocycles. The van der Waals surface area contributed by atoms with Gasteiger partial charge in [-0.3, -0.25) is 24.0 Å². The van der Waals surface area contributed by atoms with E-state index in [9.17, 15) is 34.0 Å². The highest BCUT2D eigenvalue weighted by atomic mass is 35.5. The number of carboxylic acid groups (broad SMARTS) is 1. The number of rotatable bonds is 12. The highest BCUT2D eigenvalue weighted by Crippen LogP contribution is 2.44. The predicted molar refractivity (Wildman–Crippen MR) is 334 cm³/mol. The van der Waals surface area contributed by atoms with E-state index in [1.807, 2.05) is 92.7 Å². The number of piperidine rings is 2. The van der Waals surface area contributed by atoms with E-state index in [-0.39, 0.29) is 74.7 Å². The Bertz CT molecular complexity index is 3740. The van der Waals surface area contributed by atoms with Crippen molar-refractivity contribution in [2.24, 2.45) is 23.3 Å². The fourth-order valence-electron chi connectivity index (χ4n) is 12.3. The van der Waals surface area contributed by atoms with E-state index in [2.05, 4.69) is 60.4 Å². The fourth-order valence-corrected chi connectivity index (χ4v) is 12.3. The molecule has 4 fully saturated rings. The number of nitriles is 2. The van der Waals surface area contributed by atoms with Crippen molar-refractivity contribution in [1.82, 2.24) is 20.2 Å². The number of hydrogen-bond acceptors (Lipinski definition) is 13. The van der Waals surface area contributed by atoms with E-state index in [0.29, 0.717) is 51.5 Å². The Morgan fingerprint density at radius 2 is 1.13 bits per heavy atom. The molecule has 4 aliphatic heterocycles. The fraction of sp³-hybridized carbons (Fsp3) is 0.290. The Kier molecular flexibility index (Phi) is 21.3. The first kappa shape index (κ1) is 63.9. The number of aromatic nitrogens is 2. The predicted octanol–water partition coefficient (Wildman–Crippen LogP) is 6.85. The number of amides is 5. The number of nitrogens with zero attached hydrogens (tertiary/aromatic N) is 7. The molecule has 23 heteroatoms. The summed E-state index contributed by atoms with van der Waals surface area (Å²) in [6.07, 6.45) is 9.37. The number of nitrogens with one attached hydrogen (secondary N) is 3. The number of primary amides is 2. The van der Waals surface area contributed by atoms with Gasteiger partial charge >= 0.3 is 5.97 Å². The molecule has 12 rings (SSSR count). The average molecular weight is 1220 g/mol. The van der Waals surface area contributed by atoms with Crippen molar-refractivity contribution in [3.8, 4) is 34.4 Å². The van der Waals surface area contributed by atoms with Crippen LogP contribution in [0.2, 0.25) is 0 Å². The lowest BCUT2D eigenvalue weighted by Crippen LogP contribution is -2.52. The second kappa shape index (κ2) is 28.3. The van der Waals surface area contributed by atoms with Crippen molar-refractivity contribution in [2.45, 2.75) is 88.4 Å². The van der Waals surface area contributed by atoms with Crippen LogP contribution in [0.15, 0.2) is 121 Å². The number of carboxylic acids is 1. The Labute approximate surface area is 514 Å². The SMILES string of the molecule is Cc1cccc(NC(=O)[C@@H]2C3CCC(C3)N2C(=O)C[N+]2=CC(C(N)=O)c3cc(-c4cccc(C#N)c4)ccc32)n1.Cc1cccc(NC(=O)[C@H]2NC3CCC2C3)n1.Cl.N#Cc1cccc(-c2ccc3c(c2)C(C(N)=O)C=[N+]3CC(=O)O)c1.S.S=S. The topological polar surface area (TPSA) is 293 Å². The maximum Gasteiger partial charge on any atom is 0.370 e. The lowest BCUT2D eigenvalue weighted by molar-refractivity contribution is -0.423. The monoisotopic (exact) mass is 1220 g/mol. The van der Waals surface area contributed by atoms with E-state index in [4.69, 9.17) is 21.8 Å². The van der Waals surface area contributed by atoms with Gasteiger partial charge in [-0.1, -0.05) is 36.4 Å². The minimum Gasteiger partial charge on any atom is -0.477 e. The van der Waals surface area contributed by atoms with Crippen molar-refractivity contribution in [3.05, 3.63) is 155 Å². The summed E-state index contributed by atoms with van der Waals surface area (Å²) in [4.78, 5) is 84.8. The van der Waals surface area contributed by atoms with Crippen LogP contribution in [0.5, 0.6) is 0 Å². The van der Waals surface area contributed by atoms with Crippen LogP contribution in [0.4, 0.5) is 23.0 Å². The minimum atomic E-state index is -0.992. The van der Waals surface area contributed by atoms with Crippen LogP contribution in [-0.2, 0) is 51.1 Å². The number of carbonyl (C=O) groups excluding carboxylic acids is 5. The van der Waals surface area contributed by atoms with Crippen LogP contribution in [-0.4, -0.2) is 114 Å². The van der Waals surface area contributed by atoms with Crippen molar-refractivity contribution >= 4 is 119 Å². The average Bonchev–Trinajstić information content (AvgIpc) is 2.40. The maximum absolute atomic E-state index is 13.8. The summed E-state index contributed by atoms with van der Waals surface area (Å²) in [5.41, 5.74) is 20.2. The van der Waals surface area contributed by atoms with Crippen LogP contribution < -0.4 is 27.4 Å². The van der Waals surface area contributed by atoms with Crippen LogP contribution in [0.1, 0.15) is 84.0 Å². The van der Waals surface area contributed by atoms with Crippen LogP contribution in [0.25, 0.3) is 22.3 Å². The van der Waals surface area contributed by atoms with Gasteiger partial charge in [-0.25, -0.2) is 14.8 Å². The van der Waals surface area contributed by atoms with Gasteiger partial charge in [0.15, 0.2) is 12.4 Å². The second-order valence-corrected chi connectivity index (χ2v) is 21.3. The molecule has 2 saturated heterocycles. The van der Waals surface area contributed by atoms with Gasteiger partial charge in [0.2, 0.25) is 48.1 Å². The molecule has 5 amide bonds. The first-order chi connectivity index (χ1) is 40.0. The largest absolute Gasteiger partial charge is 0.477 e. The highest BCUT2D eigenvalue weighted by Gasteiger charge is 2.52. The van der Waals surface area contributed by atoms with Gasteiger partial charge < -0.3 is 37.4 Å². The molecule has 8 N–H and O–H groups in total. The van der Waals surface area contributed by atoms with Gasteiger partial charge in [0.25, 0.3) is 5.91 Å². The summed E-state index contributed by atoms with van der Waals surface area (Å²) in [7, 11) is 0. The molecule has 2 aromatic heterocycles. The van der Waals surface area contributed by atoms with Crippen molar-refractivity contribution in [3.63, 3.8) is 0 Å². The number of benzene rings is 4. The number of anilines is 2. The second-order valence-electron chi connectivity index (χ2n) is 21.3. The molecule has 6 aliphatic rings. The van der Waals surface area contributed by atoms with Gasteiger partial charge in [-0.05, 0) is 159 Å². The minimum absolute atomic E-state index is 0. The Morgan fingerprint density at radius 3 is 1.59 bits per heavy atom. The van der Waals surface area contributed by atoms with Gasteiger partial charge in [-0.2, -0.15) is 33.2 Å². The van der Waals surface area contributed by atoms with E-state index in [1.54, 1.807) is 58.2 Å². The number of carbonyl (C=O) groups is 6. The normalized spacial score (nSPS) is 21.0. The number of nitrogens with two attached hydrogens (primary N) is 2. The molecule has 6 unspecified atom stereocenters. The first-order valence-corrected chi connectivity index (χ1v) is 28.4. The molecule has 85 heavy (non-hydrogen) atoms. The first-order valence-electron chi connectivity index (χ1n) is 27.1. The summed E-state index contributed by atoms with van der Waals surface area (Å²) in [5.74, 6) is -1.96. The molecule has 6 aromatic rings. The maximum atomic E-state index is 13.8. The van der Waals surface area contributed by atoms with Crippen molar-refractivity contribution in [2.75, 3.05) is 23.7 Å². The Balaban J connectivity index is 0.000000195. The third kappa shape index (κ3) is 14.5. The summed E-state index contributed by atoms with van der Waals surface area (Å²) in [5, 5.41) is 36.5. The standard InChI is InChI=1S/C31H28N6O3.C18H13N3O3.C13H17N3O.ClH.S2.H2S/c1-18-4-2-7-27(34-18)35-31(40)29-22-8-10-23(13-22)37(29)28(38)17-36-16-25(30(33)39)24-14-21(9-11-26(24)36)20-6-3-5-19(12-20)15-32;19-8-11-2-1-3-12(6-11)13-4-5-16-14(7-13)15(18(20)24)9-21(16)10-17(22)23;1-8-3-2-4-11(14-8)16-13(17)12-9-5-6-10(7-9)15-12;;1-2;/h2-7,9,11-12,14,16,22-23,25,29H,8,10,13,17H2,1H3,(H2-,33,34,35,39,40);1-7,9,15H,10H2,(H2-,20,22,23,24);2-4,9-10,12,15H,5-7H2,1H3,(H,14,16,17);1H;;1H2/p+2/t22?,23?,25?,29-;;9?,10?,12-;;;/m0.0.../s1. The van der Waals surface area contributed by atoms with E-state index in [1.165, 1.54) is 23.6 Å². The summed E-state index contributed by atoms with van der Waals surface area (Å²) >= 11 is 7.33. The van der Waals surface area contributed by atoms with E-state index in [0.717, 1.165) is 65.0 Å². The summed E-state index contributed by atoms with van der Waals surface area (Å²) in [6.45, 7) is 3.54. The molecule has 6 heterocycles. The molecule has 4 aromatic carbocycles. The lowest BCUT2D eigenvalue weighted by atomic mass is 9.95. The number of halogens is 1. The third-order valence-corrected chi connectivity index (χ3v) is 15.9. The molecular formula is C62H63ClN12O7S3+2. The Morgan fingerprint density at radius 1 is 0.647 bits per heavy atom. The number of aliphatic carboxylic acids is 1. The summed E-state index contributed by atoms with van der Waals surface area (Å²) in [6, 6.07) is 40.8. The van der Waals surface area contributed by atoms with E-state index < -0.39 is 35.7 Å². The van der Waals surface area contributed by atoms with Crippen LogP contribution in [0.3, 0.4) is 0 Å². The van der Waals surface area contributed by atoms with Crippen molar-refractivity contribution < 1.29 is 43.0 Å². The molecule has 4 bridgehead atoms. The zero-order valence-electron chi connectivity index (χ0n) is 46.4. The number of pyridine rings is 2. The molecule has 19 nitrogen and oxygen atoms in total. The lowest BCUT2D eigenvalue weighted by Gasteiger charge is -2.33. The Hall–Kier alpha value is -8.64. The van der Waals surface area contributed by atoms with Gasteiger partial charge in [0.05, 0.1) is 29.3 Å². The molecule has 2 aliphatic carbocycles. The number of fused-ring (bicyclic) bond motifs is 6. The van der Waals surface area contributed by atoms with Crippen molar-refractivity contribution in [1.29, 1.82) is 10.5 Å².